The standard InChI is InChI=1S/C22H34O3Si4.C11H30O3Si4.C10H24O2Si3/c1-9-26(3,4)23-28(7,8)25-29(24-27(5,6)10-2,21-17-13-11-14-18-21)22-19-15-12-16-20-22;1-11-18(10,13-16(5,6)7)14-17(8,9)12-15(2,3)4;1-9-13(3,4)11-15(7,8)12-14(5,6)10-2/h9-20H,1-2H2,3-8H3;11H,1H2,2-10H3;9-10H,1-2H2,3-8H3. The van der Waals surface area contributed by atoms with E-state index in [1.165, 1.54) is 0 Å². The van der Waals surface area contributed by atoms with Gasteiger partial charge < -0.3 is 32.9 Å². The Balaban J connectivity index is 0.000000972. The van der Waals surface area contributed by atoms with E-state index in [2.05, 4.69) is 195 Å². The summed E-state index contributed by atoms with van der Waals surface area (Å²) < 4.78 is 51.7. The Labute approximate surface area is 392 Å². The summed E-state index contributed by atoms with van der Waals surface area (Å²) in [4.78, 5) is 0. The van der Waals surface area contributed by atoms with E-state index in [0.717, 1.165) is 10.4 Å². The molecule has 0 aliphatic carbocycles. The first-order valence-electron chi connectivity index (χ1n) is 21.6. The minimum absolute atomic E-state index is 1.09. The molecule has 0 radical (unpaired) electrons. The van der Waals surface area contributed by atoms with Crippen molar-refractivity contribution >= 4 is 103 Å². The third-order valence-corrected chi connectivity index (χ3v) is 46.0. The van der Waals surface area contributed by atoms with Crippen LogP contribution in [0.25, 0.3) is 0 Å². The van der Waals surface area contributed by atoms with Crippen molar-refractivity contribution in [3.8, 4) is 0 Å². The van der Waals surface area contributed by atoms with Gasteiger partial charge in [-0.3, -0.25) is 0 Å². The molecule has 8 nitrogen and oxygen atoms in total. The average Bonchev–Trinajstić information content (AvgIpc) is 3.09. The highest BCUT2D eigenvalue weighted by Crippen LogP contribution is 2.27. The molecule has 19 heteroatoms. The molecule has 0 saturated heterocycles. The van der Waals surface area contributed by atoms with Crippen LogP contribution in [0.3, 0.4) is 0 Å². The molecular formula is C43H88O8Si11. The van der Waals surface area contributed by atoms with Crippen molar-refractivity contribution < 1.29 is 32.9 Å². The van der Waals surface area contributed by atoms with Gasteiger partial charge in [0.05, 0.1) is 0 Å². The van der Waals surface area contributed by atoms with Gasteiger partial charge in [-0.05, 0) is 148 Å². The van der Waals surface area contributed by atoms with Gasteiger partial charge in [-0.1, -0.05) is 89.2 Å². The van der Waals surface area contributed by atoms with E-state index in [0.29, 0.717) is 0 Å². The Morgan fingerprint density at radius 3 is 0.855 bits per heavy atom. The molecule has 0 amide bonds. The van der Waals surface area contributed by atoms with Crippen molar-refractivity contribution in [2.24, 2.45) is 0 Å². The molecule has 0 fully saturated rings. The zero-order valence-electron chi connectivity index (χ0n) is 43.0. The SMILES string of the molecule is C=C[Si](C)(C)O[Si](C)(C)O[Si](C)(C)C=C.C=C[Si](C)(C)O[Si](C)(C)O[Si](O[Si](C)(C)C=C)(c1ccccc1)c1ccccc1.C=C[Si](C)(O[Si](C)(C)C)O[Si](C)(C)O[Si](C)(C)C. The van der Waals surface area contributed by atoms with Crippen LogP contribution in [0.4, 0.5) is 0 Å². The Bertz CT molecular complexity index is 1660. The molecule has 2 rings (SSSR count). The van der Waals surface area contributed by atoms with Gasteiger partial charge in [0.2, 0.25) is 8.32 Å². The summed E-state index contributed by atoms with van der Waals surface area (Å²) in [6.45, 7) is 64.6. The predicted molar refractivity (Wildman–Crippen MR) is 298 cm³/mol. The molecule has 1 atom stereocenters. The maximum atomic E-state index is 7.08. The minimum atomic E-state index is -3.04. The maximum absolute atomic E-state index is 7.08. The van der Waals surface area contributed by atoms with Crippen molar-refractivity contribution in [3.63, 3.8) is 0 Å². The fourth-order valence-corrected chi connectivity index (χ4v) is 50.3. The summed E-state index contributed by atoms with van der Waals surface area (Å²) in [5.74, 6) is 0. The van der Waals surface area contributed by atoms with Crippen LogP contribution in [0.2, 0.25) is 137 Å². The molecule has 0 aromatic heterocycles. The second-order valence-corrected chi connectivity index (χ2v) is 63.7. The third kappa shape index (κ3) is 24.7. The fourth-order valence-electron chi connectivity index (χ4n) is 6.52. The molecule has 0 saturated carbocycles. The second kappa shape index (κ2) is 23.8. The first kappa shape index (κ1) is 61.2. The highest BCUT2D eigenvalue weighted by molar-refractivity contribution is 7.03. The molecule has 2 aromatic carbocycles. The summed E-state index contributed by atoms with van der Waals surface area (Å²) in [5, 5.41) is 2.19. The Morgan fingerprint density at radius 2 is 0.581 bits per heavy atom. The lowest BCUT2D eigenvalue weighted by Gasteiger charge is -2.43. The maximum Gasteiger partial charge on any atom is 0.388 e. The van der Waals surface area contributed by atoms with Crippen molar-refractivity contribution in [2.75, 3.05) is 0 Å². The van der Waals surface area contributed by atoms with Crippen LogP contribution in [0.15, 0.2) is 122 Å². The third-order valence-electron chi connectivity index (χ3n) is 8.48. The normalized spacial score (nSPS) is 14.5. The van der Waals surface area contributed by atoms with E-state index in [1.807, 2.05) is 64.9 Å². The van der Waals surface area contributed by atoms with Crippen LogP contribution in [-0.4, -0.2) is 92.7 Å². The van der Waals surface area contributed by atoms with Crippen LogP contribution >= 0.6 is 0 Å². The van der Waals surface area contributed by atoms with Gasteiger partial charge >= 0.3 is 42.8 Å². The fraction of sp³-hybridized carbons (Fsp3) is 0.488. The van der Waals surface area contributed by atoms with Crippen molar-refractivity contribution in [1.82, 2.24) is 0 Å². The first-order chi connectivity index (χ1) is 27.7. The molecular weight excluding hydrogens is 953 g/mol. The molecule has 0 N–H and O–H groups in total. The van der Waals surface area contributed by atoms with E-state index in [4.69, 9.17) is 32.9 Å². The topological polar surface area (TPSA) is 73.8 Å². The monoisotopic (exact) mass is 1040 g/mol. The molecule has 62 heavy (non-hydrogen) atoms. The number of hydrogen-bond acceptors (Lipinski definition) is 8. The zero-order chi connectivity index (χ0) is 48.9. The highest BCUT2D eigenvalue weighted by atomic mass is 28.5. The average molecular weight is 1040 g/mol. The van der Waals surface area contributed by atoms with Gasteiger partial charge in [-0.2, -0.15) is 0 Å². The van der Waals surface area contributed by atoms with E-state index in [9.17, 15) is 0 Å². The lowest BCUT2D eigenvalue weighted by Crippen LogP contribution is -2.71. The minimum Gasteiger partial charge on any atom is -0.437 e. The van der Waals surface area contributed by atoms with Crippen LogP contribution in [0.1, 0.15) is 0 Å². The summed E-state index contributed by atoms with van der Waals surface area (Å²) in [6, 6.07) is 20.7. The summed E-state index contributed by atoms with van der Waals surface area (Å²) in [7, 11) is -23.0. The summed E-state index contributed by atoms with van der Waals surface area (Å²) in [5.41, 5.74) is 9.72. The van der Waals surface area contributed by atoms with E-state index >= 15 is 0 Å². The zero-order valence-corrected chi connectivity index (χ0v) is 54.0. The molecule has 0 heterocycles. The number of benzene rings is 2. The molecule has 0 spiro atoms. The van der Waals surface area contributed by atoms with Gasteiger partial charge in [0.15, 0.2) is 41.6 Å². The molecule has 0 aliphatic heterocycles. The molecule has 352 valence electrons. The Hall–Kier alpha value is -0.794. The van der Waals surface area contributed by atoms with Crippen LogP contribution in [0.5, 0.6) is 0 Å². The molecule has 0 bridgehead atoms. The number of hydrogen-bond donors (Lipinski definition) is 0. The quantitative estimate of drug-likeness (QED) is 0.102. The first-order valence-corrected chi connectivity index (χ1v) is 53.0. The van der Waals surface area contributed by atoms with Crippen LogP contribution in [-0.2, 0) is 32.9 Å². The van der Waals surface area contributed by atoms with Gasteiger partial charge in [-0.15, -0.1) is 32.9 Å². The summed E-state index contributed by atoms with van der Waals surface area (Å²) >= 11 is 0. The highest BCUT2D eigenvalue weighted by Gasteiger charge is 2.51. The smallest absolute Gasteiger partial charge is 0.388 e. The molecule has 0 aliphatic rings. The van der Waals surface area contributed by atoms with Gasteiger partial charge in [0.1, 0.15) is 0 Å². The lowest BCUT2D eigenvalue weighted by atomic mass is 10.4. The van der Waals surface area contributed by atoms with Crippen molar-refractivity contribution in [3.05, 3.63) is 122 Å². The number of rotatable bonds is 23. The van der Waals surface area contributed by atoms with Crippen LogP contribution < -0.4 is 10.4 Å². The lowest BCUT2D eigenvalue weighted by molar-refractivity contribution is 0.335. The second-order valence-electron chi connectivity index (χ2n) is 21.0. The predicted octanol–water partition coefficient (Wildman–Crippen LogP) is 12.6. The van der Waals surface area contributed by atoms with E-state index in [-0.39, 0.29) is 0 Å². The van der Waals surface area contributed by atoms with Crippen LogP contribution in [0, 0.1) is 0 Å². The Kier molecular flexibility index (Phi) is 23.5. The van der Waals surface area contributed by atoms with E-state index in [1.54, 1.807) is 0 Å². The Morgan fingerprint density at radius 1 is 0.306 bits per heavy atom. The van der Waals surface area contributed by atoms with Crippen molar-refractivity contribution in [2.45, 2.75) is 137 Å². The van der Waals surface area contributed by atoms with Crippen molar-refractivity contribution in [1.29, 1.82) is 0 Å². The van der Waals surface area contributed by atoms with Gasteiger partial charge in [0.25, 0.3) is 0 Å². The molecule has 1 unspecified atom stereocenters. The molecule has 2 aromatic rings. The largest absolute Gasteiger partial charge is 0.437 e. The van der Waals surface area contributed by atoms with Gasteiger partial charge in [-0.25, -0.2) is 0 Å². The van der Waals surface area contributed by atoms with E-state index < -0.39 is 92.7 Å². The van der Waals surface area contributed by atoms with Gasteiger partial charge in [0, 0.05) is 0 Å². The summed E-state index contributed by atoms with van der Waals surface area (Å²) in [6.07, 6.45) is 0.